The molecular formula is C13H14ClNO3. The summed E-state index contributed by atoms with van der Waals surface area (Å²) in [7, 11) is 0. The molecule has 0 radical (unpaired) electrons. The van der Waals surface area contributed by atoms with E-state index in [1.165, 1.54) is 0 Å². The zero-order valence-electron chi connectivity index (χ0n) is 9.80. The zero-order chi connectivity index (χ0) is 13.1. The highest BCUT2D eigenvalue weighted by atomic mass is 35.5. The zero-order valence-corrected chi connectivity index (χ0v) is 10.6. The average Bonchev–Trinajstić information content (AvgIpc) is 2.78. The summed E-state index contributed by atoms with van der Waals surface area (Å²) < 4.78 is 0. The standard InChI is InChI=1S/C13H14ClNO3/c14-11-3-1-2-9(6-11)7-12(16)15-5-4-10(8-15)13(17)18/h1-3,6,10H,4-5,7-8H2,(H,17,18). The summed E-state index contributed by atoms with van der Waals surface area (Å²) in [5.41, 5.74) is 0.853. The second-order valence-corrected chi connectivity index (χ2v) is 4.91. The van der Waals surface area contributed by atoms with Crippen LogP contribution < -0.4 is 0 Å². The van der Waals surface area contributed by atoms with Gasteiger partial charge in [0.25, 0.3) is 0 Å². The predicted octanol–water partition coefficient (Wildman–Crippen LogP) is 1.82. The molecule has 1 unspecified atom stereocenters. The van der Waals surface area contributed by atoms with Gasteiger partial charge in [-0.1, -0.05) is 23.7 Å². The van der Waals surface area contributed by atoms with Crippen molar-refractivity contribution in [3.8, 4) is 0 Å². The maximum atomic E-state index is 12.0. The predicted molar refractivity (Wildman–Crippen MR) is 67.5 cm³/mol. The van der Waals surface area contributed by atoms with E-state index in [9.17, 15) is 9.59 Å². The summed E-state index contributed by atoms with van der Waals surface area (Å²) in [6.45, 7) is 0.838. The first kappa shape index (κ1) is 12.9. The van der Waals surface area contributed by atoms with E-state index in [1.54, 1.807) is 23.1 Å². The Morgan fingerprint density at radius 2 is 2.22 bits per heavy atom. The van der Waals surface area contributed by atoms with Gasteiger partial charge >= 0.3 is 5.97 Å². The fourth-order valence-electron chi connectivity index (χ4n) is 2.12. The molecule has 1 amide bonds. The van der Waals surface area contributed by atoms with E-state index >= 15 is 0 Å². The van der Waals surface area contributed by atoms with Crippen molar-refractivity contribution in [2.24, 2.45) is 5.92 Å². The van der Waals surface area contributed by atoms with Crippen LogP contribution in [0.5, 0.6) is 0 Å². The molecule has 0 aliphatic carbocycles. The third kappa shape index (κ3) is 3.01. The first-order valence-corrected chi connectivity index (χ1v) is 6.19. The molecule has 1 atom stereocenters. The van der Waals surface area contributed by atoms with Crippen molar-refractivity contribution in [1.29, 1.82) is 0 Å². The number of carbonyl (C=O) groups is 2. The lowest BCUT2D eigenvalue weighted by molar-refractivity contribution is -0.141. The Bertz CT molecular complexity index is 475. The number of likely N-dealkylation sites (tertiary alicyclic amines) is 1. The van der Waals surface area contributed by atoms with Gasteiger partial charge in [0.15, 0.2) is 0 Å². The van der Waals surface area contributed by atoms with Crippen LogP contribution in [0.4, 0.5) is 0 Å². The van der Waals surface area contributed by atoms with E-state index in [0.29, 0.717) is 24.5 Å². The molecule has 18 heavy (non-hydrogen) atoms. The van der Waals surface area contributed by atoms with Gasteiger partial charge in [-0.3, -0.25) is 9.59 Å². The smallest absolute Gasteiger partial charge is 0.308 e. The van der Waals surface area contributed by atoms with Gasteiger partial charge in [0.1, 0.15) is 0 Å². The van der Waals surface area contributed by atoms with Crippen molar-refractivity contribution >= 4 is 23.5 Å². The van der Waals surface area contributed by atoms with Crippen LogP contribution in [0.25, 0.3) is 0 Å². The summed E-state index contributed by atoms with van der Waals surface area (Å²) in [5, 5.41) is 9.49. The number of aliphatic carboxylic acids is 1. The van der Waals surface area contributed by atoms with Gasteiger partial charge in [0.2, 0.25) is 5.91 Å². The summed E-state index contributed by atoms with van der Waals surface area (Å²) in [5.74, 6) is -1.29. The normalized spacial score (nSPS) is 18.9. The maximum Gasteiger partial charge on any atom is 0.308 e. The fourth-order valence-corrected chi connectivity index (χ4v) is 2.33. The number of amides is 1. The largest absolute Gasteiger partial charge is 0.481 e. The van der Waals surface area contributed by atoms with Crippen LogP contribution in [-0.4, -0.2) is 35.0 Å². The van der Waals surface area contributed by atoms with Crippen molar-refractivity contribution in [3.63, 3.8) is 0 Å². The lowest BCUT2D eigenvalue weighted by Gasteiger charge is -2.15. The molecule has 1 saturated heterocycles. The van der Waals surface area contributed by atoms with Gasteiger partial charge in [-0.25, -0.2) is 0 Å². The van der Waals surface area contributed by atoms with Crippen molar-refractivity contribution in [2.75, 3.05) is 13.1 Å². The van der Waals surface area contributed by atoms with Crippen LogP contribution in [-0.2, 0) is 16.0 Å². The molecule has 1 heterocycles. The minimum absolute atomic E-state index is 0.0407. The second kappa shape index (κ2) is 5.40. The highest BCUT2D eigenvalue weighted by Gasteiger charge is 2.30. The van der Waals surface area contributed by atoms with Crippen LogP contribution in [0.2, 0.25) is 5.02 Å². The van der Waals surface area contributed by atoms with Crippen molar-refractivity contribution < 1.29 is 14.7 Å². The number of hydrogen-bond donors (Lipinski definition) is 1. The van der Waals surface area contributed by atoms with E-state index < -0.39 is 11.9 Å². The third-order valence-electron chi connectivity index (χ3n) is 3.13. The fraction of sp³-hybridized carbons (Fsp3) is 0.385. The quantitative estimate of drug-likeness (QED) is 0.909. The molecule has 0 saturated carbocycles. The Labute approximate surface area is 110 Å². The Balaban J connectivity index is 1.95. The highest BCUT2D eigenvalue weighted by molar-refractivity contribution is 6.30. The topological polar surface area (TPSA) is 57.6 Å². The molecule has 1 aromatic carbocycles. The van der Waals surface area contributed by atoms with Crippen LogP contribution in [0, 0.1) is 5.92 Å². The second-order valence-electron chi connectivity index (χ2n) is 4.47. The number of carboxylic acids is 1. The molecule has 5 heteroatoms. The summed E-state index contributed by atoms with van der Waals surface area (Å²) >= 11 is 5.85. The molecule has 2 rings (SSSR count). The van der Waals surface area contributed by atoms with E-state index in [2.05, 4.69) is 0 Å². The molecule has 96 valence electrons. The van der Waals surface area contributed by atoms with Gasteiger partial charge in [0.05, 0.1) is 12.3 Å². The molecule has 1 aliphatic heterocycles. The van der Waals surface area contributed by atoms with E-state index in [0.717, 1.165) is 5.56 Å². The number of carbonyl (C=O) groups excluding carboxylic acids is 1. The van der Waals surface area contributed by atoms with Crippen LogP contribution in [0.3, 0.4) is 0 Å². The Hall–Kier alpha value is -1.55. The monoisotopic (exact) mass is 267 g/mol. The number of nitrogens with zero attached hydrogens (tertiary/aromatic N) is 1. The molecule has 0 bridgehead atoms. The molecule has 0 aromatic heterocycles. The van der Waals surface area contributed by atoms with Crippen LogP contribution in [0.15, 0.2) is 24.3 Å². The third-order valence-corrected chi connectivity index (χ3v) is 3.37. The van der Waals surface area contributed by atoms with Crippen molar-refractivity contribution in [1.82, 2.24) is 4.90 Å². The van der Waals surface area contributed by atoms with Gasteiger partial charge in [-0.15, -0.1) is 0 Å². The molecular weight excluding hydrogens is 254 g/mol. The minimum Gasteiger partial charge on any atom is -0.481 e. The lowest BCUT2D eigenvalue weighted by Crippen LogP contribution is -2.31. The van der Waals surface area contributed by atoms with E-state index in [4.69, 9.17) is 16.7 Å². The van der Waals surface area contributed by atoms with Gasteiger partial charge in [-0.05, 0) is 24.1 Å². The SMILES string of the molecule is O=C(O)C1CCN(C(=O)Cc2cccc(Cl)c2)C1. The Morgan fingerprint density at radius 1 is 1.44 bits per heavy atom. The first-order chi connectivity index (χ1) is 8.56. The molecule has 1 aromatic rings. The lowest BCUT2D eigenvalue weighted by atomic mass is 10.1. The maximum absolute atomic E-state index is 12.0. The van der Waals surface area contributed by atoms with Gasteiger partial charge < -0.3 is 10.0 Å². The number of benzene rings is 1. The van der Waals surface area contributed by atoms with Crippen LogP contribution >= 0.6 is 11.6 Å². The molecule has 0 spiro atoms. The van der Waals surface area contributed by atoms with Crippen molar-refractivity contribution in [2.45, 2.75) is 12.8 Å². The van der Waals surface area contributed by atoms with Crippen LogP contribution in [0.1, 0.15) is 12.0 Å². The molecule has 4 nitrogen and oxygen atoms in total. The number of halogens is 1. The van der Waals surface area contributed by atoms with Gasteiger partial charge in [-0.2, -0.15) is 0 Å². The summed E-state index contributed by atoms with van der Waals surface area (Å²) in [6, 6.07) is 7.15. The Morgan fingerprint density at radius 3 is 2.83 bits per heavy atom. The summed E-state index contributed by atoms with van der Waals surface area (Å²) in [6.07, 6.45) is 0.809. The molecule has 1 fully saturated rings. The average molecular weight is 268 g/mol. The Kier molecular flexibility index (Phi) is 3.87. The van der Waals surface area contributed by atoms with E-state index in [-0.39, 0.29) is 12.3 Å². The highest BCUT2D eigenvalue weighted by Crippen LogP contribution is 2.18. The summed E-state index contributed by atoms with van der Waals surface area (Å²) in [4.78, 5) is 24.4. The number of carboxylic acid groups (broad SMARTS) is 1. The van der Waals surface area contributed by atoms with E-state index in [1.807, 2.05) is 6.07 Å². The van der Waals surface area contributed by atoms with Gasteiger partial charge in [0, 0.05) is 18.1 Å². The number of rotatable bonds is 3. The molecule has 1 N–H and O–H groups in total. The van der Waals surface area contributed by atoms with Crippen molar-refractivity contribution in [3.05, 3.63) is 34.9 Å². The number of hydrogen-bond acceptors (Lipinski definition) is 2. The first-order valence-electron chi connectivity index (χ1n) is 5.81. The minimum atomic E-state index is -0.826. The molecule has 1 aliphatic rings.